The van der Waals surface area contributed by atoms with E-state index in [9.17, 15) is 9.59 Å². The lowest BCUT2D eigenvalue weighted by Gasteiger charge is -2.41. The van der Waals surface area contributed by atoms with Crippen molar-refractivity contribution in [2.75, 3.05) is 25.0 Å². The zero-order chi connectivity index (χ0) is 21.8. The summed E-state index contributed by atoms with van der Waals surface area (Å²) in [5.41, 5.74) is 1.88. The summed E-state index contributed by atoms with van der Waals surface area (Å²) in [4.78, 5) is 40.9. The maximum absolute atomic E-state index is 13.4. The highest BCUT2D eigenvalue weighted by Crippen LogP contribution is 2.30. The Labute approximate surface area is 184 Å². The van der Waals surface area contributed by atoms with Crippen molar-refractivity contribution in [3.05, 3.63) is 54.1 Å². The molecule has 164 valence electrons. The van der Waals surface area contributed by atoms with Crippen molar-refractivity contribution in [2.45, 2.75) is 57.7 Å². The Balaban J connectivity index is 1.75. The van der Waals surface area contributed by atoms with Crippen LogP contribution in [0.4, 0.5) is 5.69 Å². The highest BCUT2D eigenvalue weighted by molar-refractivity contribution is 5.94. The average Bonchev–Trinajstić information content (AvgIpc) is 2.82. The van der Waals surface area contributed by atoms with Crippen molar-refractivity contribution < 1.29 is 9.59 Å². The van der Waals surface area contributed by atoms with Gasteiger partial charge in [-0.3, -0.25) is 14.5 Å². The molecule has 0 radical (unpaired) electrons. The highest BCUT2D eigenvalue weighted by atomic mass is 16.2. The van der Waals surface area contributed by atoms with Crippen LogP contribution in [0.15, 0.2) is 42.7 Å². The first kappa shape index (κ1) is 21.4. The first-order valence-electron chi connectivity index (χ1n) is 11.2. The molecule has 0 N–H and O–H groups in total. The molecule has 2 unspecified atom stereocenters. The normalized spacial score (nSPS) is 22.4. The third kappa shape index (κ3) is 4.61. The van der Waals surface area contributed by atoms with Crippen LogP contribution in [-0.2, 0) is 11.3 Å². The molecule has 4 rings (SSSR count). The van der Waals surface area contributed by atoms with Gasteiger partial charge >= 0.3 is 0 Å². The summed E-state index contributed by atoms with van der Waals surface area (Å²) in [6, 6.07) is 10.4. The molecule has 2 aliphatic heterocycles. The fourth-order valence-corrected chi connectivity index (χ4v) is 4.85. The summed E-state index contributed by atoms with van der Waals surface area (Å²) in [6.45, 7) is 3.65. The molecule has 1 saturated heterocycles. The Kier molecular flexibility index (Phi) is 6.61. The lowest BCUT2D eigenvalue weighted by atomic mass is 9.93. The second kappa shape index (κ2) is 9.56. The van der Waals surface area contributed by atoms with E-state index in [-0.39, 0.29) is 23.7 Å². The molecule has 2 bridgehead atoms. The van der Waals surface area contributed by atoms with E-state index in [1.54, 1.807) is 18.5 Å². The van der Waals surface area contributed by atoms with Crippen molar-refractivity contribution >= 4 is 17.5 Å². The molecule has 0 saturated carbocycles. The molecule has 2 aliphatic rings. The van der Waals surface area contributed by atoms with E-state index in [4.69, 9.17) is 0 Å². The number of anilines is 1. The Morgan fingerprint density at radius 3 is 2.55 bits per heavy atom. The van der Waals surface area contributed by atoms with Crippen LogP contribution in [0.2, 0.25) is 0 Å². The van der Waals surface area contributed by atoms with Gasteiger partial charge in [0.05, 0.1) is 0 Å². The largest absolute Gasteiger partial charge is 0.330 e. The van der Waals surface area contributed by atoms with Crippen LogP contribution in [0, 0.1) is 0 Å². The standard InChI is InChI=1S/C24H31N5O2/c1-3-22(30)29-15-12-19-9-6-10-20(27(19)2)17-28(16-18-8-4-5-11-21(18)29)24(31)23-25-13-7-14-26-23/h4-5,7-8,11,13-14,19-20H,3,6,9-10,12,15-17H2,1-2H3. The van der Waals surface area contributed by atoms with E-state index in [0.717, 1.165) is 36.9 Å². The Morgan fingerprint density at radius 2 is 1.77 bits per heavy atom. The third-order valence-corrected chi connectivity index (χ3v) is 6.64. The van der Waals surface area contributed by atoms with Gasteiger partial charge in [-0.15, -0.1) is 0 Å². The van der Waals surface area contributed by atoms with Gasteiger partial charge in [-0.05, 0) is 44.0 Å². The number of carbonyl (C=O) groups excluding carboxylic acids is 2. The number of fused-ring (bicyclic) bond motifs is 3. The molecule has 2 aromatic rings. The molecule has 0 spiro atoms. The van der Waals surface area contributed by atoms with Gasteiger partial charge in [0.2, 0.25) is 11.7 Å². The predicted octanol–water partition coefficient (Wildman–Crippen LogP) is 3.12. The number of aromatic nitrogens is 2. The van der Waals surface area contributed by atoms with Gasteiger partial charge in [0.15, 0.2) is 0 Å². The second-order valence-corrected chi connectivity index (χ2v) is 8.48. The molecule has 0 aliphatic carbocycles. The lowest BCUT2D eigenvalue weighted by Crippen LogP contribution is -2.51. The first-order valence-corrected chi connectivity index (χ1v) is 11.2. The number of hydrogen-bond acceptors (Lipinski definition) is 5. The minimum Gasteiger partial charge on any atom is -0.330 e. The van der Waals surface area contributed by atoms with Gasteiger partial charge in [-0.25, -0.2) is 9.97 Å². The van der Waals surface area contributed by atoms with E-state index in [0.29, 0.717) is 32.1 Å². The number of benzene rings is 1. The van der Waals surface area contributed by atoms with Crippen LogP contribution in [0.3, 0.4) is 0 Å². The Hall–Kier alpha value is -2.80. The van der Waals surface area contributed by atoms with E-state index in [1.165, 1.54) is 0 Å². The van der Waals surface area contributed by atoms with Crippen LogP contribution in [0.25, 0.3) is 0 Å². The number of likely N-dealkylation sites (N-methyl/N-ethyl adjacent to an activating group) is 1. The molecule has 1 aromatic carbocycles. The second-order valence-electron chi connectivity index (χ2n) is 8.48. The monoisotopic (exact) mass is 421 g/mol. The van der Waals surface area contributed by atoms with Crippen molar-refractivity contribution in [3.8, 4) is 0 Å². The maximum Gasteiger partial charge on any atom is 0.292 e. The number of amides is 2. The number of nitrogens with zero attached hydrogens (tertiary/aromatic N) is 5. The molecular formula is C24H31N5O2. The summed E-state index contributed by atoms with van der Waals surface area (Å²) in [6.07, 6.45) is 7.92. The zero-order valence-corrected chi connectivity index (χ0v) is 18.4. The minimum absolute atomic E-state index is 0.117. The molecule has 1 fully saturated rings. The van der Waals surface area contributed by atoms with Crippen LogP contribution < -0.4 is 4.90 Å². The molecule has 7 nitrogen and oxygen atoms in total. The number of para-hydroxylation sites is 1. The molecular weight excluding hydrogens is 390 g/mol. The summed E-state index contributed by atoms with van der Waals surface area (Å²) in [7, 11) is 2.16. The smallest absolute Gasteiger partial charge is 0.292 e. The summed E-state index contributed by atoms with van der Waals surface area (Å²) in [5.74, 6) is 0.163. The zero-order valence-electron chi connectivity index (χ0n) is 18.4. The number of carbonyl (C=O) groups is 2. The fourth-order valence-electron chi connectivity index (χ4n) is 4.85. The summed E-state index contributed by atoms with van der Waals surface area (Å²) >= 11 is 0. The molecule has 2 amide bonds. The fraction of sp³-hybridized carbons (Fsp3) is 0.500. The molecule has 2 atom stereocenters. The van der Waals surface area contributed by atoms with Gasteiger partial charge in [0.1, 0.15) is 0 Å². The Bertz CT molecular complexity index is 919. The molecule has 7 heteroatoms. The third-order valence-electron chi connectivity index (χ3n) is 6.64. The van der Waals surface area contributed by atoms with E-state index < -0.39 is 0 Å². The number of piperidine rings is 1. The van der Waals surface area contributed by atoms with Crippen molar-refractivity contribution in [3.63, 3.8) is 0 Å². The van der Waals surface area contributed by atoms with Crippen molar-refractivity contribution in [1.29, 1.82) is 0 Å². The summed E-state index contributed by atoms with van der Waals surface area (Å²) < 4.78 is 0. The van der Waals surface area contributed by atoms with E-state index >= 15 is 0 Å². The van der Waals surface area contributed by atoms with Gasteiger partial charge in [-0.2, -0.15) is 0 Å². The SMILES string of the molecule is CCC(=O)N1CCC2CCCC(CN(C(=O)c3ncccn3)Cc3ccccc31)N2C. The Morgan fingerprint density at radius 1 is 1.03 bits per heavy atom. The van der Waals surface area contributed by atoms with Gasteiger partial charge < -0.3 is 9.80 Å². The van der Waals surface area contributed by atoms with Crippen LogP contribution in [0.5, 0.6) is 0 Å². The lowest BCUT2D eigenvalue weighted by molar-refractivity contribution is -0.118. The van der Waals surface area contributed by atoms with Crippen molar-refractivity contribution in [1.82, 2.24) is 19.8 Å². The predicted molar refractivity (Wildman–Crippen MR) is 120 cm³/mol. The van der Waals surface area contributed by atoms with Gasteiger partial charge in [0, 0.05) is 56.2 Å². The average molecular weight is 422 g/mol. The first-order chi connectivity index (χ1) is 15.1. The topological polar surface area (TPSA) is 69.6 Å². The van der Waals surface area contributed by atoms with E-state index in [2.05, 4.69) is 21.9 Å². The van der Waals surface area contributed by atoms with Crippen molar-refractivity contribution in [2.24, 2.45) is 0 Å². The molecule has 31 heavy (non-hydrogen) atoms. The quantitative estimate of drug-likeness (QED) is 0.745. The summed E-state index contributed by atoms with van der Waals surface area (Å²) in [5, 5.41) is 0. The molecule has 1 aromatic heterocycles. The van der Waals surface area contributed by atoms with Gasteiger partial charge in [0.25, 0.3) is 5.91 Å². The molecule has 3 heterocycles. The van der Waals surface area contributed by atoms with Crippen LogP contribution in [-0.4, -0.2) is 63.8 Å². The van der Waals surface area contributed by atoms with Gasteiger partial charge in [-0.1, -0.05) is 31.5 Å². The highest BCUT2D eigenvalue weighted by Gasteiger charge is 2.33. The van der Waals surface area contributed by atoms with Crippen LogP contribution >= 0.6 is 0 Å². The maximum atomic E-state index is 13.4. The number of rotatable bonds is 2. The van der Waals surface area contributed by atoms with Crippen LogP contribution in [0.1, 0.15) is 55.2 Å². The minimum atomic E-state index is -0.168. The van der Waals surface area contributed by atoms with E-state index in [1.807, 2.05) is 41.0 Å². The number of hydrogen-bond donors (Lipinski definition) is 0.